The maximum absolute atomic E-state index is 13.8. The molecule has 1 fully saturated rings. The van der Waals surface area contributed by atoms with Crippen LogP contribution in [0.3, 0.4) is 0 Å². The molecule has 0 unspecified atom stereocenters. The number of aryl methyl sites for hydroxylation is 1. The van der Waals surface area contributed by atoms with E-state index in [-0.39, 0.29) is 17.9 Å². The predicted molar refractivity (Wildman–Crippen MR) is 125 cm³/mol. The van der Waals surface area contributed by atoms with Crippen molar-refractivity contribution in [1.82, 2.24) is 0 Å². The maximum atomic E-state index is 13.8. The molecule has 0 spiro atoms. The Kier molecular flexibility index (Phi) is 6.34. The molecule has 1 aliphatic rings. The van der Waals surface area contributed by atoms with Crippen molar-refractivity contribution in [3.8, 4) is 0 Å². The average molecular weight is 501 g/mol. The van der Waals surface area contributed by atoms with Gasteiger partial charge in [0.15, 0.2) is 0 Å². The summed E-state index contributed by atoms with van der Waals surface area (Å²) in [5.41, 5.74) is 0.482. The van der Waals surface area contributed by atoms with Crippen molar-refractivity contribution < 1.29 is 26.0 Å². The lowest BCUT2D eigenvalue weighted by Gasteiger charge is -2.27. The van der Waals surface area contributed by atoms with Gasteiger partial charge < -0.3 is 4.90 Å². The van der Waals surface area contributed by atoms with E-state index in [1.165, 1.54) is 28.6 Å². The highest BCUT2D eigenvalue weighted by Gasteiger charge is 2.35. The van der Waals surface area contributed by atoms with Gasteiger partial charge in [0.25, 0.3) is 0 Å². The standard InChI is InChI=1S/C23H24F4N2O2S2/c1-3-33(30,31)29(14-16-9-10-18(24)17(13-16)23(25,26)27)22-21(28-11-4-5-12-28)20-15(2)7-6-8-19(20)32-22/h6-10,13H,3-5,11-12,14H2,1-2H3. The third-order valence-electron chi connectivity index (χ3n) is 5.89. The van der Waals surface area contributed by atoms with Gasteiger partial charge in [0.1, 0.15) is 10.8 Å². The Labute approximate surface area is 194 Å². The van der Waals surface area contributed by atoms with Gasteiger partial charge in [-0.05, 0) is 56.0 Å². The number of fused-ring (bicyclic) bond motifs is 1. The van der Waals surface area contributed by atoms with Crippen LogP contribution < -0.4 is 9.21 Å². The molecule has 1 aliphatic heterocycles. The van der Waals surface area contributed by atoms with Gasteiger partial charge in [-0.2, -0.15) is 13.2 Å². The van der Waals surface area contributed by atoms with E-state index in [1.54, 1.807) is 0 Å². The molecule has 33 heavy (non-hydrogen) atoms. The van der Waals surface area contributed by atoms with Gasteiger partial charge >= 0.3 is 6.18 Å². The molecule has 0 bridgehead atoms. The Morgan fingerprint density at radius 2 is 1.82 bits per heavy atom. The van der Waals surface area contributed by atoms with E-state index in [9.17, 15) is 26.0 Å². The van der Waals surface area contributed by atoms with Crippen LogP contribution >= 0.6 is 11.3 Å². The highest BCUT2D eigenvalue weighted by Crippen LogP contribution is 2.48. The minimum absolute atomic E-state index is 0.0716. The third-order valence-corrected chi connectivity index (χ3v) is 8.89. The predicted octanol–water partition coefficient (Wildman–Crippen LogP) is 6.32. The quantitative estimate of drug-likeness (QED) is 0.372. The van der Waals surface area contributed by atoms with Gasteiger partial charge in [0.05, 0.1) is 23.5 Å². The molecule has 1 aromatic heterocycles. The first-order valence-corrected chi connectivity index (χ1v) is 13.1. The van der Waals surface area contributed by atoms with Crippen molar-refractivity contribution in [3.05, 3.63) is 58.9 Å². The Balaban J connectivity index is 1.90. The van der Waals surface area contributed by atoms with Gasteiger partial charge in [0, 0.05) is 23.2 Å². The van der Waals surface area contributed by atoms with Gasteiger partial charge in [-0.3, -0.25) is 4.31 Å². The van der Waals surface area contributed by atoms with Gasteiger partial charge in [-0.15, -0.1) is 11.3 Å². The normalized spacial score (nSPS) is 14.9. The van der Waals surface area contributed by atoms with E-state index in [2.05, 4.69) is 4.90 Å². The number of benzene rings is 2. The Morgan fingerprint density at radius 1 is 1.12 bits per heavy atom. The summed E-state index contributed by atoms with van der Waals surface area (Å²) in [5.74, 6) is -1.60. The highest BCUT2D eigenvalue weighted by molar-refractivity contribution is 7.92. The number of halogens is 4. The Hall–Kier alpha value is -2.33. The summed E-state index contributed by atoms with van der Waals surface area (Å²) in [6, 6.07) is 8.43. The summed E-state index contributed by atoms with van der Waals surface area (Å²) in [7, 11) is -3.84. The fourth-order valence-electron chi connectivity index (χ4n) is 4.20. The molecule has 2 heterocycles. The highest BCUT2D eigenvalue weighted by atomic mass is 32.2. The molecular formula is C23H24F4N2O2S2. The summed E-state index contributed by atoms with van der Waals surface area (Å²) in [6.07, 6.45) is -2.91. The molecule has 0 radical (unpaired) electrons. The van der Waals surface area contributed by atoms with E-state index >= 15 is 0 Å². The molecule has 2 aromatic carbocycles. The van der Waals surface area contributed by atoms with Gasteiger partial charge in [-0.1, -0.05) is 18.2 Å². The van der Waals surface area contributed by atoms with Crippen LogP contribution in [0.2, 0.25) is 0 Å². The van der Waals surface area contributed by atoms with E-state index < -0.39 is 27.6 Å². The number of alkyl halides is 3. The van der Waals surface area contributed by atoms with Crippen molar-refractivity contribution in [2.75, 3.05) is 28.0 Å². The fraction of sp³-hybridized carbons (Fsp3) is 0.391. The molecule has 4 nitrogen and oxygen atoms in total. The first-order valence-electron chi connectivity index (χ1n) is 10.7. The second kappa shape index (κ2) is 8.79. The molecule has 0 N–H and O–H groups in total. The van der Waals surface area contributed by atoms with Crippen molar-refractivity contribution >= 4 is 42.1 Å². The summed E-state index contributed by atoms with van der Waals surface area (Å²) in [4.78, 5) is 2.16. The lowest BCUT2D eigenvalue weighted by Crippen LogP contribution is -2.33. The van der Waals surface area contributed by atoms with Crippen LogP contribution in [0.25, 0.3) is 10.1 Å². The largest absolute Gasteiger partial charge is 0.419 e. The first kappa shape index (κ1) is 23.8. The number of hydrogen-bond acceptors (Lipinski definition) is 4. The molecule has 0 saturated carbocycles. The monoisotopic (exact) mass is 500 g/mol. The molecule has 10 heteroatoms. The van der Waals surface area contributed by atoms with E-state index in [0.29, 0.717) is 11.1 Å². The number of nitrogens with zero attached hydrogens (tertiary/aromatic N) is 2. The number of thiophene rings is 1. The van der Waals surface area contributed by atoms with Crippen LogP contribution in [0.1, 0.15) is 36.5 Å². The topological polar surface area (TPSA) is 40.6 Å². The summed E-state index contributed by atoms with van der Waals surface area (Å²) >= 11 is 1.32. The molecule has 0 atom stereocenters. The first-order chi connectivity index (χ1) is 15.5. The smallest absolute Gasteiger partial charge is 0.369 e. The minimum Gasteiger partial charge on any atom is -0.369 e. The van der Waals surface area contributed by atoms with Crippen molar-refractivity contribution in [2.24, 2.45) is 0 Å². The van der Waals surface area contributed by atoms with Crippen LogP contribution in [-0.2, 0) is 22.7 Å². The fourth-order valence-corrected chi connectivity index (χ4v) is 6.86. The zero-order chi connectivity index (χ0) is 24.0. The maximum Gasteiger partial charge on any atom is 0.419 e. The molecule has 178 valence electrons. The minimum atomic E-state index is -4.87. The molecule has 0 amide bonds. The van der Waals surface area contributed by atoms with Gasteiger partial charge in [-0.25, -0.2) is 12.8 Å². The summed E-state index contributed by atoms with van der Waals surface area (Å²) in [6.45, 7) is 4.71. The molecular weight excluding hydrogens is 476 g/mol. The van der Waals surface area contributed by atoms with Crippen LogP contribution in [0.15, 0.2) is 36.4 Å². The molecule has 4 rings (SSSR count). The second-order valence-corrected chi connectivity index (χ2v) is 11.3. The Bertz CT molecular complexity index is 1280. The third kappa shape index (κ3) is 4.55. The molecule has 0 aliphatic carbocycles. The molecule has 1 saturated heterocycles. The number of hydrogen-bond donors (Lipinski definition) is 0. The van der Waals surface area contributed by atoms with Crippen molar-refractivity contribution in [2.45, 2.75) is 39.4 Å². The lowest BCUT2D eigenvalue weighted by atomic mass is 10.1. The van der Waals surface area contributed by atoms with E-state index in [0.717, 1.165) is 53.3 Å². The van der Waals surface area contributed by atoms with Crippen LogP contribution in [0, 0.1) is 12.7 Å². The average Bonchev–Trinajstić information content (AvgIpc) is 3.40. The molecule has 3 aromatic rings. The van der Waals surface area contributed by atoms with Crippen LogP contribution in [-0.4, -0.2) is 27.3 Å². The zero-order valence-corrected chi connectivity index (χ0v) is 19.9. The van der Waals surface area contributed by atoms with Crippen LogP contribution in [0.4, 0.5) is 28.3 Å². The Morgan fingerprint density at radius 3 is 2.45 bits per heavy atom. The van der Waals surface area contributed by atoms with Crippen molar-refractivity contribution in [1.29, 1.82) is 0 Å². The lowest BCUT2D eigenvalue weighted by molar-refractivity contribution is -0.140. The number of anilines is 2. The van der Waals surface area contributed by atoms with Gasteiger partial charge in [0.2, 0.25) is 10.0 Å². The SMILES string of the molecule is CCS(=O)(=O)N(Cc1ccc(F)c(C(F)(F)F)c1)c1sc2cccc(C)c2c1N1CCCC1. The van der Waals surface area contributed by atoms with E-state index in [1.807, 2.05) is 25.1 Å². The number of sulfonamides is 1. The van der Waals surface area contributed by atoms with E-state index in [4.69, 9.17) is 0 Å². The zero-order valence-electron chi connectivity index (χ0n) is 18.2. The van der Waals surface area contributed by atoms with Crippen molar-refractivity contribution in [3.63, 3.8) is 0 Å². The van der Waals surface area contributed by atoms with Crippen LogP contribution in [0.5, 0.6) is 0 Å². The summed E-state index contributed by atoms with van der Waals surface area (Å²) in [5, 5.41) is 1.45. The summed E-state index contributed by atoms with van der Waals surface area (Å²) < 4.78 is 82.1. The second-order valence-electron chi connectivity index (χ2n) is 8.12. The number of rotatable bonds is 6.